The quantitative estimate of drug-likeness (QED) is 0.837. The molecule has 1 atom stereocenters. The second-order valence-electron chi connectivity index (χ2n) is 4.06. The summed E-state index contributed by atoms with van der Waals surface area (Å²) in [5.41, 5.74) is 1.39. The van der Waals surface area contributed by atoms with Gasteiger partial charge in [0, 0.05) is 17.9 Å². The van der Waals surface area contributed by atoms with Crippen molar-refractivity contribution in [1.82, 2.24) is 10.3 Å². The van der Waals surface area contributed by atoms with E-state index in [4.69, 9.17) is 16.3 Å². The molecule has 0 spiro atoms. The largest absolute Gasteiger partial charge is 0.379 e. The average molecular weight is 255 g/mol. The second-order valence-corrected chi connectivity index (χ2v) is 4.44. The molecule has 1 aromatic heterocycles. The molecule has 0 aliphatic carbocycles. The minimum Gasteiger partial charge on any atom is -0.379 e. The lowest BCUT2D eigenvalue weighted by molar-refractivity contribution is 0.0929. The van der Waals surface area contributed by atoms with Crippen LogP contribution in [-0.2, 0) is 11.2 Å². The van der Waals surface area contributed by atoms with E-state index in [9.17, 15) is 4.79 Å². The van der Waals surface area contributed by atoms with Crippen LogP contribution in [0.1, 0.15) is 29.4 Å². The van der Waals surface area contributed by atoms with Gasteiger partial charge in [0.25, 0.3) is 5.91 Å². The van der Waals surface area contributed by atoms with Crippen molar-refractivity contribution in [1.29, 1.82) is 0 Å². The Labute approximate surface area is 105 Å². The predicted octanol–water partition coefficient (Wildman–Crippen LogP) is 1.82. The number of hydrogen-bond donors (Lipinski definition) is 1. The van der Waals surface area contributed by atoms with Crippen molar-refractivity contribution in [3.63, 3.8) is 0 Å². The predicted molar refractivity (Wildman–Crippen MR) is 65.3 cm³/mol. The summed E-state index contributed by atoms with van der Waals surface area (Å²) >= 11 is 5.87. The SMILES string of the molecule is CCc1cc(C(=O)NC2CCOC2)cc(Cl)n1. The number of hydrogen-bond acceptors (Lipinski definition) is 3. The summed E-state index contributed by atoms with van der Waals surface area (Å²) in [5.74, 6) is -0.112. The zero-order valence-electron chi connectivity index (χ0n) is 9.70. The number of carbonyl (C=O) groups is 1. The maximum Gasteiger partial charge on any atom is 0.251 e. The summed E-state index contributed by atoms with van der Waals surface area (Å²) in [6.45, 7) is 3.28. The molecule has 2 rings (SSSR count). The van der Waals surface area contributed by atoms with Crippen molar-refractivity contribution >= 4 is 17.5 Å². The zero-order chi connectivity index (χ0) is 12.3. The van der Waals surface area contributed by atoms with Crippen LogP contribution in [-0.4, -0.2) is 30.1 Å². The maximum absolute atomic E-state index is 12.0. The summed E-state index contributed by atoms with van der Waals surface area (Å²) in [6, 6.07) is 3.47. The van der Waals surface area contributed by atoms with Crippen molar-refractivity contribution in [2.24, 2.45) is 0 Å². The monoisotopic (exact) mass is 254 g/mol. The van der Waals surface area contributed by atoms with E-state index in [-0.39, 0.29) is 11.9 Å². The number of carbonyl (C=O) groups excluding carboxylic acids is 1. The molecule has 1 saturated heterocycles. The number of pyridine rings is 1. The first-order chi connectivity index (χ1) is 8.19. The Kier molecular flexibility index (Phi) is 3.97. The molecule has 5 heteroatoms. The van der Waals surface area contributed by atoms with E-state index in [2.05, 4.69) is 10.3 Å². The van der Waals surface area contributed by atoms with Crippen LogP contribution < -0.4 is 5.32 Å². The van der Waals surface area contributed by atoms with Crippen LogP contribution in [0.2, 0.25) is 5.15 Å². The molecule has 0 radical (unpaired) electrons. The van der Waals surface area contributed by atoms with E-state index in [1.165, 1.54) is 0 Å². The molecule has 4 nitrogen and oxygen atoms in total. The number of aromatic nitrogens is 1. The first kappa shape index (κ1) is 12.3. The second kappa shape index (κ2) is 5.47. The van der Waals surface area contributed by atoms with E-state index in [0.717, 1.165) is 18.5 Å². The van der Waals surface area contributed by atoms with E-state index in [1.54, 1.807) is 12.1 Å². The van der Waals surface area contributed by atoms with Gasteiger partial charge in [-0.2, -0.15) is 0 Å². The van der Waals surface area contributed by atoms with E-state index < -0.39 is 0 Å². The number of rotatable bonds is 3. The van der Waals surface area contributed by atoms with Crippen molar-refractivity contribution in [3.8, 4) is 0 Å². The molecular formula is C12H15ClN2O2. The van der Waals surface area contributed by atoms with Gasteiger partial charge in [0.05, 0.1) is 12.6 Å². The van der Waals surface area contributed by atoms with Gasteiger partial charge in [0.2, 0.25) is 0 Å². The van der Waals surface area contributed by atoms with E-state index in [0.29, 0.717) is 23.9 Å². The zero-order valence-corrected chi connectivity index (χ0v) is 10.5. The van der Waals surface area contributed by atoms with Gasteiger partial charge in [0.1, 0.15) is 5.15 Å². The Bertz CT molecular complexity index is 417. The fourth-order valence-electron chi connectivity index (χ4n) is 1.78. The van der Waals surface area contributed by atoms with Crippen molar-refractivity contribution < 1.29 is 9.53 Å². The van der Waals surface area contributed by atoms with Gasteiger partial charge in [0.15, 0.2) is 0 Å². The molecule has 1 amide bonds. The molecule has 1 fully saturated rings. The molecule has 1 N–H and O–H groups in total. The fourth-order valence-corrected chi connectivity index (χ4v) is 2.01. The van der Waals surface area contributed by atoms with E-state index >= 15 is 0 Å². The molecule has 1 aliphatic rings. The summed E-state index contributed by atoms with van der Waals surface area (Å²) in [4.78, 5) is 16.1. The standard InChI is InChI=1S/C12H15ClN2O2/c1-2-9-5-8(6-11(13)14-9)12(16)15-10-3-4-17-7-10/h5-6,10H,2-4,7H2,1H3,(H,15,16). The van der Waals surface area contributed by atoms with Gasteiger partial charge in [-0.3, -0.25) is 4.79 Å². The van der Waals surface area contributed by atoms with Crippen molar-refractivity contribution in [2.45, 2.75) is 25.8 Å². The van der Waals surface area contributed by atoms with Gasteiger partial charge < -0.3 is 10.1 Å². The lowest BCUT2D eigenvalue weighted by Gasteiger charge is -2.11. The Morgan fingerprint density at radius 1 is 1.65 bits per heavy atom. The van der Waals surface area contributed by atoms with Crippen LogP contribution in [0.5, 0.6) is 0 Å². The van der Waals surface area contributed by atoms with Crippen LogP contribution in [0, 0.1) is 0 Å². The number of nitrogens with zero attached hydrogens (tertiary/aromatic N) is 1. The maximum atomic E-state index is 12.0. The third kappa shape index (κ3) is 3.17. The smallest absolute Gasteiger partial charge is 0.251 e. The minimum atomic E-state index is -0.112. The number of aryl methyl sites for hydroxylation is 1. The molecule has 0 bridgehead atoms. The highest BCUT2D eigenvalue weighted by Gasteiger charge is 2.19. The Morgan fingerprint density at radius 2 is 2.47 bits per heavy atom. The topological polar surface area (TPSA) is 51.2 Å². The van der Waals surface area contributed by atoms with Gasteiger partial charge in [-0.25, -0.2) is 4.98 Å². The summed E-state index contributed by atoms with van der Waals surface area (Å²) in [5, 5.41) is 3.28. The van der Waals surface area contributed by atoms with Gasteiger partial charge >= 0.3 is 0 Å². The van der Waals surface area contributed by atoms with Crippen LogP contribution in [0.3, 0.4) is 0 Å². The minimum absolute atomic E-state index is 0.111. The highest BCUT2D eigenvalue weighted by Crippen LogP contribution is 2.12. The normalized spacial score (nSPS) is 19.3. The molecule has 2 heterocycles. The Morgan fingerprint density at radius 3 is 3.12 bits per heavy atom. The number of halogens is 1. The first-order valence-corrected chi connectivity index (χ1v) is 6.12. The van der Waals surface area contributed by atoms with Gasteiger partial charge in [-0.1, -0.05) is 18.5 Å². The molecule has 1 unspecified atom stereocenters. The first-order valence-electron chi connectivity index (χ1n) is 5.74. The molecule has 1 aliphatic heterocycles. The lowest BCUT2D eigenvalue weighted by Crippen LogP contribution is -2.35. The van der Waals surface area contributed by atoms with Crippen molar-refractivity contribution in [2.75, 3.05) is 13.2 Å². The van der Waals surface area contributed by atoms with Crippen LogP contribution in [0.25, 0.3) is 0 Å². The van der Waals surface area contributed by atoms with Gasteiger partial charge in [-0.05, 0) is 25.0 Å². The van der Waals surface area contributed by atoms with Crippen LogP contribution in [0.4, 0.5) is 0 Å². The summed E-state index contributed by atoms with van der Waals surface area (Å²) < 4.78 is 5.21. The molecule has 1 aromatic rings. The number of ether oxygens (including phenoxy) is 1. The Hall–Kier alpha value is -1.13. The molecule has 92 valence electrons. The van der Waals surface area contributed by atoms with Crippen LogP contribution in [0.15, 0.2) is 12.1 Å². The third-order valence-corrected chi connectivity index (χ3v) is 2.93. The fraction of sp³-hybridized carbons (Fsp3) is 0.500. The molecule has 17 heavy (non-hydrogen) atoms. The molecular weight excluding hydrogens is 240 g/mol. The highest BCUT2D eigenvalue weighted by atomic mass is 35.5. The molecule has 0 saturated carbocycles. The highest BCUT2D eigenvalue weighted by molar-refractivity contribution is 6.29. The summed E-state index contributed by atoms with van der Waals surface area (Å²) in [6.07, 6.45) is 1.62. The van der Waals surface area contributed by atoms with Crippen LogP contribution >= 0.6 is 11.6 Å². The number of amides is 1. The number of nitrogens with one attached hydrogen (secondary N) is 1. The Balaban J connectivity index is 2.09. The molecule has 0 aromatic carbocycles. The van der Waals surface area contributed by atoms with E-state index in [1.807, 2.05) is 6.92 Å². The lowest BCUT2D eigenvalue weighted by atomic mass is 10.1. The van der Waals surface area contributed by atoms with Crippen molar-refractivity contribution in [3.05, 3.63) is 28.5 Å². The van der Waals surface area contributed by atoms with Gasteiger partial charge in [-0.15, -0.1) is 0 Å². The average Bonchev–Trinajstić information content (AvgIpc) is 2.81. The third-order valence-electron chi connectivity index (χ3n) is 2.74. The summed E-state index contributed by atoms with van der Waals surface area (Å²) in [7, 11) is 0.